The molecule has 0 aromatic heterocycles. The average Bonchev–Trinajstić information content (AvgIpc) is 2.53. The standard InChI is InChI=1S/C17H18N2O/c1-20-17-5-3-2-4-16(17)15(12-19)10-13-6-8-14(11-18)9-7-13/h2-9,15H,10,12,19H2,1H3. The predicted octanol–water partition coefficient (Wildman–Crippen LogP) is 2.85. The van der Waals surface area contributed by atoms with Gasteiger partial charge in [0.2, 0.25) is 0 Å². The highest BCUT2D eigenvalue weighted by molar-refractivity contribution is 5.38. The summed E-state index contributed by atoms with van der Waals surface area (Å²) in [5.74, 6) is 1.08. The Hall–Kier alpha value is -2.31. The molecular formula is C17H18N2O. The molecule has 2 N–H and O–H groups in total. The van der Waals surface area contributed by atoms with Gasteiger partial charge in [0.25, 0.3) is 0 Å². The van der Waals surface area contributed by atoms with E-state index in [0.29, 0.717) is 12.1 Å². The molecule has 2 aromatic rings. The van der Waals surface area contributed by atoms with Gasteiger partial charge in [-0.2, -0.15) is 5.26 Å². The first-order chi connectivity index (χ1) is 9.78. The fraction of sp³-hybridized carbons (Fsp3) is 0.235. The molecule has 0 aliphatic carbocycles. The maximum Gasteiger partial charge on any atom is 0.122 e. The van der Waals surface area contributed by atoms with Gasteiger partial charge in [-0.1, -0.05) is 30.3 Å². The minimum atomic E-state index is 0.207. The summed E-state index contributed by atoms with van der Waals surface area (Å²) in [7, 11) is 1.67. The molecule has 0 fully saturated rings. The van der Waals surface area contributed by atoms with Crippen LogP contribution in [0.2, 0.25) is 0 Å². The molecule has 20 heavy (non-hydrogen) atoms. The lowest BCUT2D eigenvalue weighted by Crippen LogP contribution is -2.16. The van der Waals surface area contributed by atoms with Crippen molar-refractivity contribution in [3.05, 3.63) is 65.2 Å². The molecule has 3 heteroatoms. The Balaban J connectivity index is 2.22. The highest BCUT2D eigenvalue weighted by Crippen LogP contribution is 2.28. The number of hydrogen-bond donors (Lipinski definition) is 1. The topological polar surface area (TPSA) is 59.0 Å². The van der Waals surface area contributed by atoms with Gasteiger partial charge in [-0.25, -0.2) is 0 Å². The maximum atomic E-state index is 8.82. The molecule has 1 unspecified atom stereocenters. The molecule has 0 amide bonds. The first-order valence-corrected chi connectivity index (χ1v) is 6.60. The van der Waals surface area contributed by atoms with Crippen molar-refractivity contribution in [2.24, 2.45) is 5.73 Å². The molecule has 1 atom stereocenters. The zero-order valence-electron chi connectivity index (χ0n) is 11.5. The van der Waals surface area contributed by atoms with Crippen molar-refractivity contribution in [1.82, 2.24) is 0 Å². The molecule has 0 spiro atoms. The smallest absolute Gasteiger partial charge is 0.122 e. The van der Waals surface area contributed by atoms with Gasteiger partial charge >= 0.3 is 0 Å². The Labute approximate surface area is 119 Å². The van der Waals surface area contributed by atoms with Gasteiger partial charge < -0.3 is 10.5 Å². The van der Waals surface area contributed by atoms with E-state index in [1.54, 1.807) is 7.11 Å². The number of ether oxygens (including phenoxy) is 1. The lowest BCUT2D eigenvalue weighted by molar-refractivity contribution is 0.405. The first-order valence-electron chi connectivity index (χ1n) is 6.60. The normalized spacial score (nSPS) is 11.7. The monoisotopic (exact) mass is 266 g/mol. The summed E-state index contributed by atoms with van der Waals surface area (Å²) in [6.45, 7) is 0.556. The molecule has 0 saturated carbocycles. The third kappa shape index (κ3) is 3.17. The van der Waals surface area contributed by atoms with Crippen molar-refractivity contribution >= 4 is 0 Å². The lowest BCUT2D eigenvalue weighted by atomic mass is 9.91. The van der Waals surface area contributed by atoms with E-state index < -0.39 is 0 Å². The van der Waals surface area contributed by atoms with Gasteiger partial charge in [-0.3, -0.25) is 0 Å². The second-order valence-corrected chi connectivity index (χ2v) is 4.69. The summed E-state index contributed by atoms with van der Waals surface area (Å²) < 4.78 is 5.40. The Bertz CT molecular complexity index is 599. The minimum absolute atomic E-state index is 0.207. The third-order valence-corrected chi connectivity index (χ3v) is 3.43. The highest BCUT2D eigenvalue weighted by Gasteiger charge is 2.14. The van der Waals surface area contributed by atoms with Gasteiger partial charge in [0.1, 0.15) is 5.75 Å². The second-order valence-electron chi connectivity index (χ2n) is 4.69. The molecule has 0 radical (unpaired) electrons. The summed E-state index contributed by atoms with van der Waals surface area (Å²) in [5, 5.41) is 8.82. The van der Waals surface area contributed by atoms with E-state index in [1.807, 2.05) is 42.5 Å². The number of nitrogens with zero attached hydrogens (tertiary/aromatic N) is 1. The second kappa shape index (κ2) is 6.74. The molecule has 2 aromatic carbocycles. The van der Waals surface area contributed by atoms with Gasteiger partial charge in [0.15, 0.2) is 0 Å². The van der Waals surface area contributed by atoms with Crippen LogP contribution in [0.5, 0.6) is 5.75 Å². The fourth-order valence-electron chi connectivity index (χ4n) is 2.32. The van der Waals surface area contributed by atoms with Crippen molar-refractivity contribution in [2.75, 3.05) is 13.7 Å². The Kier molecular flexibility index (Phi) is 4.75. The number of methoxy groups -OCH3 is 1. The van der Waals surface area contributed by atoms with Gasteiger partial charge in [-0.15, -0.1) is 0 Å². The number of hydrogen-bond acceptors (Lipinski definition) is 3. The van der Waals surface area contributed by atoms with Crippen molar-refractivity contribution < 1.29 is 4.74 Å². The maximum absolute atomic E-state index is 8.82. The number of para-hydroxylation sites is 1. The van der Waals surface area contributed by atoms with Gasteiger partial charge in [-0.05, 0) is 42.3 Å². The largest absolute Gasteiger partial charge is 0.496 e. The minimum Gasteiger partial charge on any atom is -0.496 e. The summed E-state index contributed by atoms with van der Waals surface area (Å²) in [6, 6.07) is 17.7. The van der Waals surface area contributed by atoms with Crippen LogP contribution in [0.3, 0.4) is 0 Å². The van der Waals surface area contributed by atoms with Crippen molar-refractivity contribution in [2.45, 2.75) is 12.3 Å². The summed E-state index contributed by atoms with van der Waals surface area (Å²) >= 11 is 0. The molecule has 0 bridgehead atoms. The van der Waals surface area contributed by atoms with E-state index in [0.717, 1.165) is 17.7 Å². The molecule has 0 heterocycles. The van der Waals surface area contributed by atoms with E-state index in [1.165, 1.54) is 5.56 Å². The summed E-state index contributed by atoms with van der Waals surface area (Å²) in [5.41, 5.74) is 8.90. The predicted molar refractivity (Wildman–Crippen MR) is 79.7 cm³/mol. The van der Waals surface area contributed by atoms with E-state index in [2.05, 4.69) is 12.1 Å². The molecule has 102 valence electrons. The third-order valence-electron chi connectivity index (χ3n) is 3.43. The van der Waals surface area contributed by atoms with E-state index >= 15 is 0 Å². The number of nitriles is 1. The van der Waals surface area contributed by atoms with E-state index in [-0.39, 0.29) is 5.92 Å². The van der Waals surface area contributed by atoms with Crippen molar-refractivity contribution in [1.29, 1.82) is 5.26 Å². The van der Waals surface area contributed by atoms with Gasteiger partial charge in [0, 0.05) is 5.92 Å². The Morgan fingerprint density at radius 3 is 2.45 bits per heavy atom. The van der Waals surface area contributed by atoms with Crippen LogP contribution in [0.15, 0.2) is 48.5 Å². The van der Waals surface area contributed by atoms with Crippen LogP contribution < -0.4 is 10.5 Å². The quantitative estimate of drug-likeness (QED) is 0.905. The van der Waals surface area contributed by atoms with Crippen LogP contribution >= 0.6 is 0 Å². The average molecular weight is 266 g/mol. The highest BCUT2D eigenvalue weighted by atomic mass is 16.5. The zero-order chi connectivity index (χ0) is 14.4. The fourth-order valence-corrected chi connectivity index (χ4v) is 2.32. The van der Waals surface area contributed by atoms with Crippen LogP contribution in [0.4, 0.5) is 0 Å². The van der Waals surface area contributed by atoms with Crippen molar-refractivity contribution in [3.63, 3.8) is 0 Å². The number of nitrogens with two attached hydrogens (primary N) is 1. The van der Waals surface area contributed by atoms with E-state index in [4.69, 9.17) is 15.7 Å². The van der Waals surface area contributed by atoms with Crippen LogP contribution in [0.1, 0.15) is 22.6 Å². The number of benzene rings is 2. The van der Waals surface area contributed by atoms with Crippen LogP contribution in [-0.2, 0) is 6.42 Å². The molecule has 0 aliphatic heterocycles. The summed E-state index contributed by atoms with van der Waals surface area (Å²) in [6.07, 6.45) is 0.836. The molecule has 0 saturated heterocycles. The first kappa shape index (κ1) is 14.1. The summed E-state index contributed by atoms with van der Waals surface area (Å²) in [4.78, 5) is 0. The Morgan fingerprint density at radius 1 is 1.15 bits per heavy atom. The molecular weight excluding hydrogens is 248 g/mol. The molecule has 0 aliphatic rings. The number of rotatable bonds is 5. The van der Waals surface area contributed by atoms with E-state index in [9.17, 15) is 0 Å². The zero-order valence-corrected chi connectivity index (χ0v) is 11.5. The lowest BCUT2D eigenvalue weighted by Gasteiger charge is -2.18. The van der Waals surface area contributed by atoms with Crippen molar-refractivity contribution in [3.8, 4) is 11.8 Å². The van der Waals surface area contributed by atoms with Gasteiger partial charge in [0.05, 0.1) is 18.7 Å². The van der Waals surface area contributed by atoms with Crippen LogP contribution in [0, 0.1) is 11.3 Å². The molecule has 2 rings (SSSR count). The van der Waals surface area contributed by atoms with Crippen LogP contribution in [-0.4, -0.2) is 13.7 Å². The molecule has 3 nitrogen and oxygen atoms in total. The Morgan fingerprint density at radius 2 is 1.85 bits per heavy atom. The van der Waals surface area contributed by atoms with Crippen LogP contribution in [0.25, 0.3) is 0 Å². The SMILES string of the molecule is COc1ccccc1C(CN)Cc1ccc(C#N)cc1.